The maximum atomic E-state index is 10.4. The van der Waals surface area contributed by atoms with E-state index in [9.17, 15) is 5.11 Å². The van der Waals surface area contributed by atoms with Gasteiger partial charge in [0.2, 0.25) is 0 Å². The van der Waals surface area contributed by atoms with Crippen LogP contribution in [-0.2, 0) is 6.42 Å². The largest absolute Gasteiger partial charge is 0.391 e. The standard InChI is InChI=1S/C21H21NO.ClH/c22-21(20(23)15-16-7-3-1-4-8-16)19-13-11-18(12-14-19)17-9-5-2-6-10-17;/h1-14,20-21,23H,15,22H2;1H/t20-,21+;/m1./s1. The molecule has 124 valence electrons. The molecule has 2 atom stereocenters. The Labute approximate surface area is 149 Å². The fourth-order valence-electron chi connectivity index (χ4n) is 2.73. The molecule has 0 saturated heterocycles. The second-order valence-corrected chi connectivity index (χ2v) is 5.77. The molecule has 3 aromatic carbocycles. The van der Waals surface area contributed by atoms with Crippen LogP contribution in [0.1, 0.15) is 17.2 Å². The smallest absolute Gasteiger partial charge is 0.0773 e. The van der Waals surface area contributed by atoms with Crippen LogP contribution in [0.3, 0.4) is 0 Å². The van der Waals surface area contributed by atoms with Crippen LogP contribution in [-0.4, -0.2) is 11.2 Å². The summed E-state index contributed by atoms with van der Waals surface area (Å²) in [5.41, 5.74) is 10.6. The van der Waals surface area contributed by atoms with Crippen LogP contribution in [0.5, 0.6) is 0 Å². The lowest BCUT2D eigenvalue weighted by molar-refractivity contribution is 0.145. The summed E-state index contributed by atoms with van der Waals surface area (Å²) in [6, 6.07) is 27.9. The van der Waals surface area contributed by atoms with E-state index in [1.54, 1.807) is 0 Å². The van der Waals surface area contributed by atoms with E-state index in [1.165, 1.54) is 5.56 Å². The first kappa shape index (κ1) is 18.2. The minimum Gasteiger partial charge on any atom is -0.391 e. The maximum Gasteiger partial charge on any atom is 0.0773 e. The van der Waals surface area contributed by atoms with Gasteiger partial charge < -0.3 is 10.8 Å². The number of hydrogen-bond acceptors (Lipinski definition) is 2. The van der Waals surface area contributed by atoms with Gasteiger partial charge >= 0.3 is 0 Å². The van der Waals surface area contributed by atoms with Gasteiger partial charge in [0, 0.05) is 6.42 Å². The lowest BCUT2D eigenvalue weighted by Gasteiger charge is -2.19. The van der Waals surface area contributed by atoms with Crippen molar-refractivity contribution in [2.45, 2.75) is 18.6 Å². The van der Waals surface area contributed by atoms with Gasteiger partial charge in [0.1, 0.15) is 0 Å². The van der Waals surface area contributed by atoms with Gasteiger partial charge in [-0.2, -0.15) is 0 Å². The Morgan fingerprint density at radius 3 is 1.79 bits per heavy atom. The predicted molar refractivity (Wildman–Crippen MR) is 102 cm³/mol. The SMILES string of the molecule is Cl.N[C@@H](c1ccc(-c2ccccc2)cc1)[C@H](O)Cc1ccccc1. The van der Waals surface area contributed by atoms with Crippen molar-refractivity contribution in [3.63, 3.8) is 0 Å². The number of aliphatic hydroxyl groups is 1. The quantitative estimate of drug-likeness (QED) is 0.724. The van der Waals surface area contributed by atoms with Crippen molar-refractivity contribution < 1.29 is 5.11 Å². The lowest BCUT2D eigenvalue weighted by Crippen LogP contribution is -2.28. The molecule has 0 unspecified atom stereocenters. The second kappa shape index (κ2) is 8.65. The van der Waals surface area contributed by atoms with Crippen LogP contribution in [0.15, 0.2) is 84.9 Å². The summed E-state index contributed by atoms with van der Waals surface area (Å²) in [4.78, 5) is 0. The minimum atomic E-state index is -0.597. The van der Waals surface area contributed by atoms with Crippen molar-refractivity contribution in [2.24, 2.45) is 5.73 Å². The van der Waals surface area contributed by atoms with Gasteiger partial charge in [-0.05, 0) is 22.3 Å². The van der Waals surface area contributed by atoms with E-state index in [0.717, 1.165) is 16.7 Å². The van der Waals surface area contributed by atoms with Crippen LogP contribution in [0.4, 0.5) is 0 Å². The van der Waals surface area contributed by atoms with E-state index in [2.05, 4.69) is 24.3 Å². The molecule has 3 aromatic rings. The number of nitrogens with two attached hydrogens (primary N) is 1. The molecule has 0 bridgehead atoms. The Morgan fingerprint density at radius 2 is 1.21 bits per heavy atom. The fourth-order valence-corrected chi connectivity index (χ4v) is 2.73. The minimum absolute atomic E-state index is 0. The first-order valence-corrected chi connectivity index (χ1v) is 7.87. The summed E-state index contributed by atoms with van der Waals surface area (Å²) >= 11 is 0. The molecule has 0 saturated carbocycles. The average Bonchev–Trinajstić information content (AvgIpc) is 2.63. The molecule has 0 fully saturated rings. The van der Waals surface area contributed by atoms with Crippen molar-refractivity contribution in [1.29, 1.82) is 0 Å². The summed E-state index contributed by atoms with van der Waals surface area (Å²) in [6.07, 6.45) is -0.0393. The van der Waals surface area contributed by atoms with E-state index < -0.39 is 6.10 Å². The lowest BCUT2D eigenvalue weighted by atomic mass is 9.95. The van der Waals surface area contributed by atoms with E-state index in [1.807, 2.05) is 60.7 Å². The molecule has 3 heteroatoms. The molecule has 3 rings (SSSR count). The molecule has 0 aliphatic rings. The van der Waals surface area contributed by atoms with Gasteiger partial charge in [-0.1, -0.05) is 84.9 Å². The van der Waals surface area contributed by atoms with Crippen molar-refractivity contribution in [1.82, 2.24) is 0 Å². The molecule has 0 heterocycles. The molecule has 0 aromatic heterocycles. The molecular weight excluding hydrogens is 318 g/mol. The Balaban J connectivity index is 0.00000208. The van der Waals surface area contributed by atoms with Gasteiger partial charge in [0.25, 0.3) is 0 Å². The highest BCUT2D eigenvalue weighted by Gasteiger charge is 2.17. The molecule has 3 N–H and O–H groups in total. The number of aliphatic hydroxyl groups excluding tert-OH is 1. The first-order chi connectivity index (χ1) is 11.2. The maximum absolute atomic E-state index is 10.4. The third kappa shape index (κ3) is 4.45. The Morgan fingerprint density at radius 1 is 0.708 bits per heavy atom. The molecule has 0 amide bonds. The molecule has 0 aliphatic heterocycles. The molecular formula is C21H22ClNO. The molecule has 24 heavy (non-hydrogen) atoms. The molecule has 2 nitrogen and oxygen atoms in total. The molecule has 0 spiro atoms. The first-order valence-electron chi connectivity index (χ1n) is 7.87. The number of rotatable bonds is 5. The van der Waals surface area contributed by atoms with E-state index in [-0.39, 0.29) is 18.4 Å². The van der Waals surface area contributed by atoms with E-state index >= 15 is 0 Å². The predicted octanol–water partition coefficient (Wildman–Crippen LogP) is 4.38. The number of halogens is 1. The van der Waals surface area contributed by atoms with Gasteiger partial charge in [0.05, 0.1) is 12.1 Å². The van der Waals surface area contributed by atoms with E-state index in [0.29, 0.717) is 6.42 Å². The van der Waals surface area contributed by atoms with Crippen molar-refractivity contribution in [2.75, 3.05) is 0 Å². The van der Waals surface area contributed by atoms with Crippen molar-refractivity contribution >= 4 is 12.4 Å². The summed E-state index contributed by atoms with van der Waals surface area (Å²) in [5.74, 6) is 0. The summed E-state index contributed by atoms with van der Waals surface area (Å²) in [6.45, 7) is 0. The average molecular weight is 340 g/mol. The topological polar surface area (TPSA) is 46.2 Å². The van der Waals surface area contributed by atoms with Gasteiger partial charge in [-0.25, -0.2) is 0 Å². The zero-order valence-corrected chi connectivity index (χ0v) is 14.2. The third-order valence-electron chi connectivity index (χ3n) is 4.10. The van der Waals surface area contributed by atoms with Crippen LogP contribution < -0.4 is 5.73 Å². The molecule has 0 aliphatic carbocycles. The van der Waals surface area contributed by atoms with Gasteiger partial charge in [0.15, 0.2) is 0 Å². The summed E-state index contributed by atoms with van der Waals surface area (Å²) in [5, 5.41) is 10.4. The number of benzene rings is 3. The summed E-state index contributed by atoms with van der Waals surface area (Å²) in [7, 11) is 0. The molecule has 0 radical (unpaired) electrons. The number of hydrogen-bond donors (Lipinski definition) is 2. The summed E-state index contributed by atoms with van der Waals surface area (Å²) < 4.78 is 0. The van der Waals surface area contributed by atoms with Crippen molar-refractivity contribution in [3.8, 4) is 11.1 Å². The highest BCUT2D eigenvalue weighted by molar-refractivity contribution is 5.85. The van der Waals surface area contributed by atoms with Gasteiger partial charge in [-0.15, -0.1) is 12.4 Å². The Hall–Kier alpha value is -2.13. The normalized spacial score (nSPS) is 12.9. The highest BCUT2D eigenvalue weighted by atomic mass is 35.5. The van der Waals surface area contributed by atoms with Crippen LogP contribution in [0, 0.1) is 0 Å². The Bertz CT molecular complexity index is 729. The van der Waals surface area contributed by atoms with Crippen LogP contribution >= 0.6 is 12.4 Å². The van der Waals surface area contributed by atoms with Crippen LogP contribution in [0.2, 0.25) is 0 Å². The second-order valence-electron chi connectivity index (χ2n) is 5.77. The highest BCUT2D eigenvalue weighted by Crippen LogP contribution is 2.23. The third-order valence-corrected chi connectivity index (χ3v) is 4.10. The zero-order valence-electron chi connectivity index (χ0n) is 13.4. The van der Waals surface area contributed by atoms with E-state index in [4.69, 9.17) is 5.73 Å². The zero-order chi connectivity index (χ0) is 16.1. The van der Waals surface area contributed by atoms with Crippen LogP contribution in [0.25, 0.3) is 11.1 Å². The van der Waals surface area contributed by atoms with Crippen molar-refractivity contribution in [3.05, 3.63) is 96.1 Å². The monoisotopic (exact) mass is 339 g/mol. The Kier molecular flexibility index (Phi) is 6.56. The fraction of sp³-hybridized carbons (Fsp3) is 0.143. The van der Waals surface area contributed by atoms with Gasteiger partial charge in [-0.3, -0.25) is 0 Å².